The topological polar surface area (TPSA) is 46.4 Å². The van der Waals surface area contributed by atoms with E-state index in [-0.39, 0.29) is 5.91 Å². The number of benzene rings is 1. The Bertz CT molecular complexity index is 883. The molecular weight excluding hydrogens is 334 g/mol. The van der Waals surface area contributed by atoms with E-state index in [0.29, 0.717) is 6.42 Å². The minimum atomic E-state index is 0.0782. The Morgan fingerprint density at radius 3 is 2.67 bits per heavy atom. The molecule has 2 heterocycles. The summed E-state index contributed by atoms with van der Waals surface area (Å²) >= 11 is 0. The lowest BCUT2D eigenvalue weighted by molar-refractivity contribution is -0.116. The highest BCUT2D eigenvalue weighted by Gasteiger charge is 2.15. The van der Waals surface area contributed by atoms with Crippen molar-refractivity contribution in [3.63, 3.8) is 0 Å². The number of hydrogen-bond donors (Lipinski definition) is 1. The quantitative estimate of drug-likeness (QED) is 0.522. The van der Waals surface area contributed by atoms with E-state index in [4.69, 9.17) is 4.98 Å². The Kier molecular flexibility index (Phi) is 6.64. The first-order chi connectivity index (χ1) is 13.2. The molecule has 2 aromatic heterocycles. The maximum Gasteiger partial charge on any atom is 0.225 e. The van der Waals surface area contributed by atoms with Gasteiger partial charge in [-0.15, -0.1) is 0 Å². The number of nitrogens with zero attached hydrogens (tertiary/aromatic N) is 2. The van der Waals surface area contributed by atoms with Gasteiger partial charge in [-0.1, -0.05) is 56.5 Å². The van der Waals surface area contributed by atoms with Gasteiger partial charge in [-0.3, -0.25) is 9.20 Å². The molecule has 0 spiro atoms. The number of aryl methyl sites for hydroxylation is 3. The van der Waals surface area contributed by atoms with E-state index < -0.39 is 0 Å². The van der Waals surface area contributed by atoms with E-state index in [1.54, 1.807) is 0 Å². The summed E-state index contributed by atoms with van der Waals surface area (Å²) < 4.78 is 2.00. The molecule has 0 saturated carbocycles. The average Bonchev–Trinajstić information content (AvgIpc) is 3.01. The van der Waals surface area contributed by atoms with Crippen LogP contribution in [0.25, 0.3) is 5.65 Å². The van der Waals surface area contributed by atoms with Gasteiger partial charge in [-0.25, -0.2) is 4.98 Å². The lowest BCUT2D eigenvalue weighted by atomic mass is 10.1. The van der Waals surface area contributed by atoms with Crippen molar-refractivity contribution in [3.8, 4) is 0 Å². The number of imidazole rings is 1. The second kappa shape index (κ2) is 9.36. The zero-order valence-corrected chi connectivity index (χ0v) is 16.4. The van der Waals surface area contributed by atoms with Crippen LogP contribution in [0.5, 0.6) is 0 Å². The summed E-state index contributed by atoms with van der Waals surface area (Å²) in [6, 6.07) is 14.5. The van der Waals surface area contributed by atoms with Gasteiger partial charge in [-0.05, 0) is 49.4 Å². The molecule has 0 fully saturated rings. The van der Waals surface area contributed by atoms with Crippen LogP contribution in [-0.4, -0.2) is 15.3 Å². The fraction of sp³-hybridized carbons (Fsp3) is 0.391. The number of amides is 1. The van der Waals surface area contributed by atoms with Crippen molar-refractivity contribution in [2.75, 3.05) is 5.32 Å². The SMILES string of the molecule is CCCCCCC(=O)Nc1c(CCc2ccccc2)nc2cc(C)ccn12. The number of anilines is 1. The van der Waals surface area contributed by atoms with Crippen LogP contribution in [-0.2, 0) is 17.6 Å². The van der Waals surface area contributed by atoms with E-state index in [1.807, 2.05) is 22.7 Å². The Morgan fingerprint density at radius 2 is 1.89 bits per heavy atom. The van der Waals surface area contributed by atoms with Gasteiger partial charge in [0.15, 0.2) is 0 Å². The first-order valence-corrected chi connectivity index (χ1v) is 9.98. The Balaban J connectivity index is 1.77. The van der Waals surface area contributed by atoms with Gasteiger partial charge in [0.05, 0.1) is 5.69 Å². The first-order valence-electron chi connectivity index (χ1n) is 9.98. The van der Waals surface area contributed by atoms with E-state index >= 15 is 0 Å². The average molecular weight is 364 g/mol. The molecule has 0 atom stereocenters. The number of carbonyl (C=O) groups excluding carboxylic acids is 1. The van der Waals surface area contributed by atoms with Crippen LogP contribution in [0.4, 0.5) is 5.82 Å². The highest BCUT2D eigenvalue weighted by Crippen LogP contribution is 2.21. The largest absolute Gasteiger partial charge is 0.310 e. The fourth-order valence-electron chi connectivity index (χ4n) is 3.32. The molecule has 0 aliphatic rings. The lowest BCUT2D eigenvalue weighted by Crippen LogP contribution is -2.14. The lowest BCUT2D eigenvalue weighted by Gasteiger charge is -2.08. The van der Waals surface area contributed by atoms with Crippen molar-refractivity contribution in [3.05, 3.63) is 65.5 Å². The number of carbonyl (C=O) groups is 1. The summed E-state index contributed by atoms with van der Waals surface area (Å²) in [5.74, 6) is 0.899. The van der Waals surface area contributed by atoms with Gasteiger partial charge in [0, 0.05) is 12.6 Å². The Hall–Kier alpha value is -2.62. The standard InChI is InChI=1S/C23H29N3O/c1-3-4-5-9-12-22(27)25-23-20(14-13-19-10-7-6-8-11-19)24-21-17-18(2)15-16-26(21)23/h6-8,10-11,15-17H,3-5,9,12-14H2,1-2H3,(H,25,27). The smallest absolute Gasteiger partial charge is 0.225 e. The number of fused-ring (bicyclic) bond motifs is 1. The highest BCUT2D eigenvalue weighted by atomic mass is 16.1. The molecule has 142 valence electrons. The van der Waals surface area contributed by atoms with Crippen LogP contribution in [0, 0.1) is 6.92 Å². The molecule has 0 aliphatic heterocycles. The van der Waals surface area contributed by atoms with Crippen LogP contribution >= 0.6 is 0 Å². The molecule has 1 aromatic carbocycles. The summed E-state index contributed by atoms with van der Waals surface area (Å²) in [7, 11) is 0. The number of rotatable bonds is 9. The molecule has 0 bridgehead atoms. The van der Waals surface area contributed by atoms with Gasteiger partial charge < -0.3 is 5.32 Å². The molecule has 4 heteroatoms. The third-order valence-electron chi connectivity index (χ3n) is 4.86. The molecule has 0 unspecified atom stereocenters. The predicted octanol–water partition coefficient (Wildman–Crippen LogP) is 5.34. The van der Waals surface area contributed by atoms with Gasteiger partial charge in [0.2, 0.25) is 5.91 Å². The third kappa shape index (κ3) is 5.19. The molecule has 1 amide bonds. The molecule has 3 rings (SSSR count). The van der Waals surface area contributed by atoms with Crippen molar-refractivity contribution in [2.24, 2.45) is 0 Å². The van der Waals surface area contributed by atoms with Crippen molar-refractivity contribution in [1.29, 1.82) is 0 Å². The number of nitrogens with one attached hydrogen (secondary N) is 1. The predicted molar refractivity (Wildman–Crippen MR) is 111 cm³/mol. The van der Waals surface area contributed by atoms with Crippen LogP contribution in [0.2, 0.25) is 0 Å². The van der Waals surface area contributed by atoms with Crippen LogP contribution in [0.1, 0.15) is 55.8 Å². The summed E-state index contributed by atoms with van der Waals surface area (Å²) in [6.45, 7) is 4.24. The monoisotopic (exact) mass is 363 g/mol. The van der Waals surface area contributed by atoms with Crippen LogP contribution < -0.4 is 5.32 Å². The molecule has 27 heavy (non-hydrogen) atoms. The minimum Gasteiger partial charge on any atom is -0.310 e. The second-order valence-corrected chi connectivity index (χ2v) is 7.18. The van der Waals surface area contributed by atoms with Crippen LogP contribution in [0.3, 0.4) is 0 Å². The summed E-state index contributed by atoms with van der Waals surface area (Å²) in [4.78, 5) is 17.3. The van der Waals surface area contributed by atoms with Gasteiger partial charge in [0.25, 0.3) is 0 Å². The molecule has 0 saturated heterocycles. The van der Waals surface area contributed by atoms with E-state index in [2.05, 4.69) is 49.5 Å². The normalized spacial score (nSPS) is 11.0. The Morgan fingerprint density at radius 1 is 1.07 bits per heavy atom. The fourth-order valence-corrected chi connectivity index (χ4v) is 3.32. The molecule has 0 aliphatic carbocycles. The molecule has 4 nitrogen and oxygen atoms in total. The maximum atomic E-state index is 12.5. The maximum absolute atomic E-state index is 12.5. The molecular formula is C23H29N3O. The molecule has 0 radical (unpaired) electrons. The van der Waals surface area contributed by atoms with Crippen molar-refractivity contribution in [2.45, 2.75) is 58.8 Å². The second-order valence-electron chi connectivity index (χ2n) is 7.18. The number of aromatic nitrogens is 2. The van der Waals surface area contributed by atoms with E-state index in [1.165, 1.54) is 24.0 Å². The first kappa shape index (κ1) is 19.2. The molecule has 3 aromatic rings. The van der Waals surface area contributed by atoms with Crippen molar-refractivity contribution < 1.29 is 4.79 Å². The summed E-state index contributed by atoms with van der Waals surface area (Å²) in [5, 5.41) is 3.13. The number of hydrogen-bond acceptors (Lipinski definition) is 2. The number of pyridine rings is 1. The zero-order valence-electron chi connectivity index (χ0n) is 16.4. The van der Waals surface area contributed by atoms with Crippen molar-refractivity contribution >= 4 is 17.4 Å². The Labute approximate surface area is 161 Å². The zero-order chi connectivity index (χ0) is 19.1. The summed E-state index contributed by atoms with van der Waals surface area (Å²) in [6.07, 6.45) is 8.68. The number of unbranched alkanes of at least 4 members (excludes halogenated alkanes) is 3. The van der Waals surface area contributed by atoms with Crippen molar-refractivity contribution in [1.82, 2.24) is 9.38 Å². The third-order valence-corrected chi connectivity index (χ3v) is 4.86. The van der Waals surface area contributed by atoms with Gasteiger partial charge >= 0.3 is 0 Å². The van der Waals surface area contributed by atoms with E-state index in [0.717, 1.165) is 42.8 Å². The van der Waals surface area contributed by atoms with Gasteiger partial charge in [-0.2, -0.15) is 0 Å². The van der Waals surface area contributed by atoms with E-state index in [9.17, 15) is 4.79 Å². The molecule has 1 N–H and O–H groups in total. The van der Waals surface area contributed by atoms with Crippen LogP contribution in [0.15, 0.2) is 48.7 Å². The van der Waals surface area contributed by atoms with Gasteiger partial charge in [0.1, 0.15) is 11.5 Å². The summed E-state index contributed by atoms with van der Waals surface area (Å²) in [5.41, 5.74) is 4.29. The minimum absolute atomic E-state index is 0.0782. The highest BCUT2D eigenvalue weighted by molar-refractivity contribution is 5.91.